The Labute approximate surface area is 150 Å². The van der Waals surface area contributed by atoms with Gasteiger partial charge in [-0.15, -0.1) is 0 Å². The number of anilines is 3. The highest BCUT2D eigenvalue weighted by molar-refractivity contribution is 5.94. The fourth-order valence-corrected chi connectivity index (χ4v) is 2.32. The molecular weight excluding hydrogens is 332 g/mol. The maximum absolute atomic E-state index is 12.2. The number of hydrogen-bond donors (Lipinski definition) is 3. The maximum atomic E-state index is 12.2. The Morgan fingerprint density at radius 3 is 2.50 bits per heavy atom. The van der Waals surface area contributed by atoms with Gasteiger partial charge in [0.25, 0.3) is 5.91 Å². The van der Waals surface area contributed by atoms with Crippen molar-refractivity contribution >= 4 is 28.9 Å². The summed E-state index contributed by atoms with van der Waals surface area (Å²) >= 11 is 0. The smallest absolute Gasteiger partial charge is 0.253 e. The van der Waals surface area contributed by atoms with Crippen molar-refractivity contribution in [3.63, 3.8) is 0 Å². The van der Waals surface area contributed by atoms with Gasteiger partial charge in [-0.3, -0.25) is 14.6 Å². The van der Waals surface area contributed by atoms with E-state index < -0.39 is 0 Å². The Balaban J connectivity index is 1.63. The van der Waals surface area contributed by atoms with Crippen LogP contribution in [0.5, 0.6) is 0 Å². The van der Waals surface area contributed by atoms with Gasteiger partial charge in [-0.05, 0) is 42.5 Å². The molecule has 0 fully saturated rings. The Bertz CT molecular complexity index is 889. The maximum Gasteiger partial charge on any atom is 0.253 e. The fourth-order valence-electron chi connectivity index (χ4n) is 2.32. The van der Waals surface area contributed by atoms with Gasteiger partial charge in [-0.2, -0.15) is 0 Å². The van der Waals surface area contributed by atoms with Crippen molar-refractivity contribution in [3.8, 4) is 0 Å². The van der Waals surface area contributed by atoms with Gasteiger partial charge >= 0.3 is 0 Å². The molecule has 1 aromatic carbocycles. The van der Waals surface area contributed by atoms with E-state index in [9.17, 15) is 9.59 Å². The zero-order valence-corrected chi connectivity index (χ0v) is 14.2. The van der Waals surface area contributed by atoms with Crippen molar-refractivity contribution in [2.24, 2.45) is 0 Å². The van der Waals surface area contributed by atoms with Crippen molar-refractivity contribution in [1.29, 1.82) is 0 Å². The molecule has 26 heavy (non-hydrogen) atoms. The highest BCUT2D eigenvalue weighted by Crippen LogP contribution is 2.19. The first-order valence-corrected chi connectivity index (χ1v) is 8.00. The molecule has 0 radical (unpaired) electrons. The third-order valence-corrected chi connectivity index (χ3v) is 3.50. The van der Waals surface area contributed by atoms with E-state index in [1.165, 1.54) is 13.1 Å². The molecule has 3 aromatic rings. The standard InChI is InChI=1S/C19H18N4O3/c1-13(24)22-15-4-6-16(7-5-15)23-17-9-14(10-20-11-17)19(25)21-12-18-3-2-8-26-18/h2-11,23H,12H2,1H3,(H,21,25)(H,22,24). The Morgan fingerprint density at radius 1 is 1.04 bits per heavy atom. The van der Waals surface area contributed by atoms with Crippen LogP contribution in [0.3, 0.4) is 0 Å². The Kier molecular flexibility index (Phi) is 5.28. The molecule has 0 atom stereocenters. The predicted molar refractivity (Wildman–Crippen MR) is 98.1 cm³/mol. The highest BCUT2D eigenvalue weighted by atomic mass is 16.3. The van der Waals surface area contributed by atoms with Crippen LogP contribution in [0.1, 0.15) is 23.0 Å². The van der Waals surface area contributed by atoms with Crippen molar-refractivity contribution in [1.82, 2.24) is 10.3 Å². The highest BCUT2D eigenvalue weighted by Gasteiger charge is 2.08. The second kappa shape index (κ2) is 7.98. The minimum atomic E-state index is -0.237. The first-order chi connectivity index (χ1) is 12.6. The molecule has 0 saturated carbocycles. The minimum absolute atomic E-state index is 0.122. The molecular formula is C19H18N4O3. The molecule has 7 nitrogen and oxygen atoms in total. The van der Waals surface area contributed by atoms with Crippen molar-refractivity contribution in [2.75, 3.05) is 10.6 Å². The predicted octanol–water partition coefficient (Wildman–Crippen LogP) is 3.31. The molecule has 0 unspecified atom stereocenters. The molecule has 3 rings (SSSR count). The van der Waals surface area contributed by atoms with Gasteiger partial charge in [0.15, 0.2) is 0 Å². The molecule has 7 heteroatoms. The molecule has 2 aromatic heterocycles. The zero-order valence-electron chi connectivity index (χ0n) is 14.2. The minimum Gasteiger partial charge on any atom is -0.467 e. The lowest BCUT2D eigenvalue weighted by Crippen LogP contribution is -2.22. The Morgan fingerprint density at radius 2 is 1.81 bits per heavy atom. The number of carbonyl (C=O) groups excluding carboxylic acids is 2. The molecule has 0 aliphatic rings. The molecule has 0 spiro atoms. The summed E-state index contributed by atoms with van der Waals surface area (Å²) in [5.41, 5.74) is 2.65. The van der Waals surface area contributed by atoms with Crippen LogP contribution in [0, 0.1) is 0 Å². The zero-order chi connectivity index (χ0) is 18.4. The van der Waals surface area contributed by atoms with Gasteiger partial charge in [-0.25, -0.2) is 0 Å². The SMILES string of the molecule is CC(=O)Nc1ccc(Nc2cncc(C(=O)NCc3ccco3)c2)cc1. The molecule has 0 saturated heterocycles. The van der Waals surface area contributed by atoms with Gasteiger partial charge in [0.05, 0.1) is 30.3 Å². The van der Waals surface area contributed by atoms with Gasteiger partial charge in [0.1, 0.15) is 5.76 Å². The third kappa shape index (κ3) is 4.70. The lowest BCUT2D eigenvalue weighted by Gasteiger charge is -2.09. The summed E-state index contributed by atoms with van der Waals surface area (Å²) in [5.74, 6) is 0.321. The molecule has 2 amide bonds. The van der Waals surface area contributed by atoms with Gasteiger partial charge in [0, 0.05) is 24.5 Å². The number of furan rings is 1. The van der Waals surface area contributed by atoms with Crippen LogP contribution in [-0.4, -0.2) is 16.8 Å². The molecule has 3 N–H and O–H groups in total. The molecule has 0 aliphatic carbocycles. The quantitative estimate of drug-likeness (QED) is 0.634. The molecule has 0 bridgehead atoms. The summed E-state index contributed by atoms with van der Waals surface area (Å²) in [4.78, 5) is 27.4. The summed E-state index contributed by atoms with van der Waals surface area (Å²) in [5, 5.41) is 8.66. The number of amides is 2. The number of hydrogen-bond acceptors (Lipinski definition) is 5. The summed E-state index contributed by atoms with van der Waals surface area (Å²) in [6.07, 6.45) is 4.69. The van der Waals surface area contributed by atoms with Crippen molar-refractivity contribution in [2.45, 2.75) is 13.5 Å². The van der Waals surface area contributed by atoms with Gasteiger partial charge < -0.3 is 20.4 Å². The lowest BCUT2D eigenvalue weighted by molar-refractivity contribution is -0.114. The molecule has 0 aliphatic heterocycles. The van der Waals surface area contributed by atoms with Gasteiger partial charge in [0.2, 0.25) is 5.91 Å². The van der Waals surface area contributed by atoms with Crippen LogP contribution in [0.4, 0.5) is 17.1 Å². The number of carbonyl (C=O) groups is 2. The summed E-state index contributed by atoms with van der Waals surface area (Å²) < 4.78 is 5.19. The third-order valence-electron chi connectivity index (χ3n) is 3.50. The Hall–Kier alpha value is -3.61. The average Bonchev–Trinajstić information content (AvgIpc) is 3.15. The lowest BCUT2D eigenvalue weighted by atomic mass is 10.2. The molecule has 132 valence electrons. The van der Waals surface area contributed by atoms with Crippen molar-refractivity contribution in [3.05, 3.63) is 72.4 Å². The van der Waals surface area contributed by atoms with E-state index in [2.05, 4.69) is 20.9 Å². The normalized spacial score (nSPS) is 10.2. The van der Waals surface area contributed by atoms with E-state index in [-0.39, 0.29) is 11.8 Å². The monoisotopic (exact) mass is 350 g/mol. The summed E-state index contributed by atoms with van der Waals surface area (Å²) in [6, 6.07) is 12.5. The van der Waals surface area contributed by atoms with E-state index in [1.807, 2.05) is 12.1 Å². The van der Waals surface area contributed by atoms with Gasteiger partial charge in [-0.1, -0.05) is 0 Å². The van der Waals surface area contributed by atoms with Crippen LogP contribution in [0.2, 0.25) is 0 Å². The van der Waals surface area contributed by atoms with Crippen molar-refractivity contribution < 1.29 is 14.0 Å². The largest absolute Gasteiger partial charge is 0.467 e. The summed E-state index contributed by atoms with van der Waals surface area (Å²) in [6.45, 7) is 1.77. The van der Waals surface area contributed by atoms with Crippen LogP contribution < -0.4 is 16.0 Å². The second-order valence-corrected chi connectivity index (χ2v) is 5.61. The average molecular weight is 350 g/mol. The number of benzene rings is 1. The van der Waals surface area contributed by atoms with Crippen LogP contribution in [-0.2, 0) is 11.3 Å². The van der Waals surface area contributed by atoms with Crippen LogP contribution >= 0.6 is 0 Å². The second-order valence-electron chi connectivity index (χ2n) is 5.61. The van der Waals surface area contributed by atoms with Crippen LogP contribution in [0.15, 0.2) is 65.5 Å². The number of nitrogens with zero attached hydrogens (tertiary/aromatic N) is 1. The number of aromatic nitrogens is 1. The summed E-state index contributed by atoms with van der Waals surface area (Å²) in [7, 11) is 0. The first kappa shape index (κ1) is 17.2. The van der Waals surface area contributed by atoms with E-state index >= 15 is 0 Å². The van der Waals surface area contributed by atoms with E-state index in [0.717, 1.165) is 5.69 Å². The number of nitrogens with one attached hydrogen (secondary N) is 3. The topological polar surface area (TPSA) is 96.3 Å². The van der Waals surface area contributed by atoms with E-state index in [0.29, 0.717) is 29.2 Å². The first-order valence-electron chi connectivity index (χ1n) is 8.00. The van der Waals surface area contributed by atoms with E-state index in [1.54, 1.807) is 42.8 Å². The molecule has 2 heterocycles. The fraction of sp³-hybridized carbons (Fsp3) is 0.105. The number of pyridine rings is 1. The number of rotatable bonds is 6. The van der Waals surface area contributed by atoms with Crippen LogP contribution in [0.25, 0.3) is 0 Å². The van der Waals surface area contributed by atoms with E-state index in [4.69, 9.17) is 4.42 Å².